The Kier molecular flexibility index (Phi) is 7.87. The van der Waals surface area contributed by atoms with Crippen LogP contribution in [0.4, 0.5) is 10.5 Å². The first-order valence-corrected chi connectivity index (χ1v) is 9.17. The van der Waals surface area contributed by atoms with Crippen molar-refractivity contribution in [2.75, 3.05) is 11.9 Å². The van der Waals surface area contributed by atoms with Gasteiger partial charge in [-0.2, -0.15) is 8.42 Å². The number of hydrogen-bond acceptors (Lipinski definition) is 5. The molecule has 0 aliphatic heterocycles. The average Bonchev–Trinajstić information content (AvgIpc) is 2.53. The molecule has 1 rings (SSSR count). The summed E-state index contributed by atoms with van der Waals surface area (Å²) < 4.78 is 29.7. The maximum absolute atomic E-state index is 12.3. The van der Waals surface area contributed by atoms with Gasteiger partial charge in [-0.3, -0.25) is 4.79 Å². The predicted octanol–water partition coefficient (Wildman–Crippen LogP) is 2.97. The van der Waals surface area contributed by atoms with E-state index in [1.807, 2.05) is 6.92 Å². The van der Waals surface area contributed by atoms with Crippen molar-refractivity contribution in [1.29, 1.82) is 0 Å². The second-order valence-electron chi connectivity index (χ2n) is 5.01. The molecule has 0 spiro atoms. The van der Waals surface area contributed by atoms with Gasteiger partial charge in [0.25, 0.3) is 0 Å². The Morgan fingerprint density at radius 1 is 1.12 bits per heavy atom. The van der Waals surface area contributed by atoms with Gasteiger partial charge in [-0.15, -0.1) is 0 Å². The third-order valence-electron chi connectivity index (χ3n) is 2.83. The van der Waals surface area contributed by atoms with Crippen molar-refractivity contribution in [3.05, 3.63) is 48.3 Å². The van der Waals surface area contributed by atoms with Gasteiger partial charge in [0.05, 0.1) is 0 Å². The number of ketones is 1. The summed E-state index contributed by atoms with van der Waals surface area (Å²) >= 11 is 0. The number of carbonyl (C=O) groups is 2. The molecule has 0 radical (unpaired) electrons. The standard InChI is InChI=1S/C17H22N2O5S/c1-4-6-15(10-7-13(3)20)24-25(22,23)16-11-8-14(9-12-16)19-17(21)18-5-2/h6-12H,4-5H2,1-3H3,(H2,18,19,21)/b10-7-,15-6?. The molecule has 136 valence electrons. The van der Waals surface area contributed by atoms with E-state index in [4.69, 9.17) is 4.18 Å². The van der Waals surface area contributed by atoms with Crippen LogP contribution in [0, 0.1) is 0 Å². The molecular weight excluding hydrogens is 344 g/mol. The van der Waals surface area contributed by atoms with E-state index in [-0.39, 0.29) is 22.5 Å². The maximum atomic E-state index is 12.3. The molecule has 1 aromatic carbocycles. The second kappa shape index (κ2) is 9.63. The number of rotatable bonds is 8. The number of urea groups is 1. The highest BCUT2D eigenvalue weighted by Gasteiger charge is 2.17. The van der Waals surface area contributed by atoms with Crippen LogP contribution in [0.3, 0.4) is 0 Å². The molecule has 25 heavy (non-hydrogen) atoms. The molecule has 0 saturated heterocycles. The van der Waals surface area contributed by atoms with E-state index in [0.29, 0.717) is 18.7 Å². The predicted molar refractivity (Wildman–Crippen MR) is 95.6 cm³/mol. The lowest BCUT2D eigenvalue weighted by Gasteiger charge is -2.09. The molecule has 0 saturated carbocycles. The molecule has 0 aliphatic rings. The summed E-state index contributed by atoms with van der Waals surface area (Å²) in [6.07, 6.45) is 4.65. The zero-order valence-corrected chi connectivity index (χ0v) is 15.2. The molecular formula is C17H22N2O5S. The lowest BCUT2D eigenvalue weighted by molar-refractivity contribution is -0.112. The third kappa shape index (κ3) is 7.21. The van der Waals surface area contributed by atoms with Gasteiger partial charge in [-0.25, -0.2) is 4.79 Å². The van der Waals surface area contributed by atoms with Gasteiger partial charge >= 0.3 is 16.1 Å². The number of anilines is 1. The first-order valence-electron chi connectivity index (χ1n) is 7.76. The van der Waals surface area contributed by atoms with Crippen LogP contribution in [-0.4, -0.2) is 26.8 Å². The van der Waals surface area contributed by atoms with Crippen molar-refractivity contribution < 1.29 is 22.2 Å². The Morgan fingerprint density at radius 3 is 2.28 bits per heavy atom. The minimum Gasteiger partial charge on any atom is -0.379 e. The summed E-state index contributed by atoms with van der Waals surface area (Å²) in [4.78, 5) is 22.4. The van der Waals surface area contributed by atoms with Crippen LogP contribution in [0.1, 0.15) is 27.2 Å². The number of nitrogens with one attached hydrogen (secondary N) is 2. The summed E-state index contributed by atoms with van der Waals surface area (Å²) in [6, 6.07) is 5.20. The van der Waals surface area contributed by atoms with Gasteiger partial charge in [0.15, 0.2) is 5.78 Å². The number of allylic oxidation sites excluding steroid dienone is 3. The van der Waals surface area contributed by atoms with Crippen molar-refractivity contribution in [3.8, 4) is 0 Å². The third-order valence-corrected chi connectivity index (χ3v) is 4.09. The van der Waals surface area contributed by atoms with Gasteiger partial charge in [-0.05, 0) is 62.8 Å². The Hall–Kier alpha value is -2.61. The van der Waals surface area contributed by atoms with Crippen molar-refractivity contribution in [3.63, 3.8) is 0 Å². The molecule has 0 heterocycles. The van der Waals surface area contributed by atoms with Crippen LogP contribution in [0.25, 0.3) is 0 Å². The van der Waals surface area contributed by atoms with E-state index in [1.165, 1.54) is 43.3 Å². The quantitative estimate of drug-likeness (QED) is 0.319. The fourth-order valence-electron chi connectivity index (χ4n) is 1.75. The normalized spacial score (nSPS) is 12.0. The van der Waals surface area contributed by atoms with Gasteiger partial charge < -0.3 is 14.8 Å². The topological polar surface area (TPSA) is 102 Å². The SMILES string of the molecule is CCC=C(/C=C\C(C)=O)OS(=O)(=O)c1ccc(NC(=O)NCC)cc1. The lowest BCUT2D eigenvalue weighted by Crippen LogP contribution is -2.28. The molecule has 0 atom stereocenters. The minimum absolute atomic E-state index is 0.0628. The lowest BCUT2D eigenvalue weighted by atomic mass is 10.3. The van der Waals surface area contributed by atoms with Crippen LogP contribution in [0.5, 0.6) is 0 Å². The van der Waals surface area contributed by atoms with Gasteiger partial charge in [0, 0.05) is 12.2 Å². The zero-order valence-electron chi connectivity index (χ0n) is 14.4. The van der Waals surface area contributed by atoms with Crippen molar-refractivity contribution in [2.45, 2.75) is 32.1 Å². The molecule has 0 unspecified atom stereocenters. The molecule has 7 nitrogen and oxygen atoms in total. The first kappa shape index (κ1) is 20.4. The van der Waals surface area contributed by atoms with E-state index >= 15 is 0 Å². The Morgan fingerprint density at radius 2 is 1.76 bits per heavy atom. The second-order valence-corrected chi connectivity index (χ2v) is 6.55. The number of benzene rings is 1. The molecule has 0 fully saturated rings. The smallest absolute Gasteiger partial charge is 0.339 e. The van der Waals surface area contributed by atoms with E-state index < -0.39 is 10.1 Å². The molecule has 0 bridgehead atoms. The summed E-state index contributed by atoms with van der Waals surface area (Å²) in [7, 11) is -4.04. The van der Waals surface area contributed by atoms with E-state index in [1.54, 1.807) is 13.0 Å². The van der Waals surface area contributed by atoms with E-state index in [0.717, 1.165) is 0 Å². The first-order chi connectivity index (χ1) is 11.8. The highest BCUT2D eigenvalue weighted by atomic mass is 32.2. The summed E-state index contributed by atoms with van der Waals surface area (Å²) in [6.45, 7) is 5.44. The van der Waals surface area contributed by atoms with Crippen LogP contribution in [0.15, 0.2) is 53.1 Å². The Balaban J connectivity index is 2.92. The number of amides is 2. The fraction of sp³-hybridized carbons (Fsp3) is 0.294. The largest absolute Gasteiger partial charge is 0.379 e. The van der Waals surface area contributed by atoms with Crippen LogP contribution in [0.2, 0.25) is 0 Å². The summed E-state index contributed by atoms with van der Waals surface area (Å²) in [5.41, 5.74) is 0.450. The maximum Gasteiger partial charge on any atom is 0.339 e. The molecule has 0 aliphatic carbocycles. The van der Waals surface area contributed by atoms with Crippen molar-refractivity contribution in [2.24, 2.45) is 0 Å². The molecule has 8 heteroatoms. The molecule has 0 aromatic heterocycles. The molecule has 1 aromatic rings. The fourth-order valence-corrected chi connectivity index (χ4v) is 2.69. The van der Waals surface area contributed by atoms with E-state index in [2.05, 4.69) is 10.6 Å². The van der Waals surface area contributed by atoms with Crippen LogP contribution in [-0.2, 0) is 19.1 Å². The molecule has 2 N–H and O–H groups in total. The average molecular weight is 366 g/mol. The highest BCUT2D eigenvalue weighted by molar-refractivity contribution is 7.86. The van der Waals surface area contributed by atoms with Crippen molar-refractivity contribution in [1.82, 2.24) is 5.32 Å². The highest BCUT2D eigenvalue weighted by Crippen LogP contribution is 2.19. The van der Waals surface area contributed by atoms with Gasteiger partial charge in [0.1, 0.15) is 10.7 Å². The Bertz CT molecular complexity index is 765. The zero-order chi connectivity index (χ0) is 18.9. The summed E-state index contributed by atoms with van der Waals surface area (Å²) in [5, 5.41) is 5.14. The molecule has 2 amide bonds. The summed E-state index contributed by atoms with van der Waals surface area (Å²) in [5.74, 6) is -0.147. The number of hydrogen-bond donors (Lipinski definition) is 2. The Labute approximate surface area is 147 Å². The van der Waals surface area contributed by atoms with Crippen LogP contribution >= 0.6 is 0 Å². The van der Waals surface area contributed by atoms with Crippen LogP contribution < -0.4 is 10.6 Å². The van der Waals surface area contributed by atoms with Gasteiger partial charge in [-0.1, -0.05) is 6.92 Å². The number of carbonyl (C=O) groups excluding carboxylic acids is 2. The minimum atomic E-state index is -4.04. The van der Waals surface area contributed by atoms with Gasteiger partial charge in [0.2, 0.25) is 0 Å². The monoisotopic (exact) mass is 366 g/mol. The van der Waals surface area contributed by atoms with E-state index in [9.17, 15) is 18.0 Å². The van der Waals surface area contributed by atoms with Crippen molar-refractivity contribution >= 4 is 27.6 Å².